The number of rotatable bonds is 17. The average Bonchev–Trinajstić information content (AvgIpc) is 2.67. The molecule has 0 amide bonds. The summed E-state index contributed by atoms with van der Waals surface area (Å²) < 4.78 is 5.10. The molecule has 0 radical (unpaired) electrons. The molecule has 0 atom stereocenters. The zero-order valence-corrected chi connectivity index (χ0v) is 18.3. The van der Waals surface area contributed by atoms with Crippen LogP contribution in [-0.4, -0.2) is 38.1 Å². The molecule has 0 aromatic heterocycles. The fourth-order valence-electron chi connectivity index (χ4n) is 2.51. The van der Waals surface area contributed by atoms with E-state index in [0.717, 1.165) is 19.4 Å². The Balaban J connectivity index is 3.63. The van der Waals surface area contributed by atoms with Crippen LogP contribution in [-0.2, 0) is 9.53 Å². The molecule has 0 bridgehead atoms. The Morgan fingerprint density at radius 1 is 0.750 bits per heavy atom. The minimum atomic E-state index is -0.293. The first kappa shape index (κ1) is 26.1. The third kappa shape index (κ3) is 22.2. The molecule has 0 aliphatic rings. The van der Waals surface area contributed by atoms with Gasteiger partial charge in [0.2, 0.25) is 0 Å². The van der Waals surface area contributed by atoms with E-state index in [1.807, 2.05) is 50.6 Å². The molecule has 0 rings (SSSR count). The number of carbonyl (C=O) groups is 1. The van der Waals surface area contributed by atoms with Crippen molar-refractivity contribution < 1.29 is 9.53 Å². The van der Waals surface area contributed by atoms with Crippen LogP contribution in [0.2, 0.25) is 0 Å². The quantitative estimate of drug-likeness (QED) is 0.125. The normalized spacial score (nSPS) is 12.7. The summed E-state index contributed by atoms with van der Waals surface area (Å²) >= 11 is 0. The van der Waals surface area contributed by atoms with Crippen LogP contribution in [0.5, 0.6) is 0 Å². The first-order chi connectivity index (χ1) is 13.7. The van der Waals surface area contributed by atoms with Crippen LogP contribution in [0.25, 0.3) is 0 Å². The maximum absolute atomic E-state index is 11.5. The Kier molecular flexibility index (Phi) is 20.0. The van der Waals surface area contributed by atoms with Gasteiger partial charge in [0, 0.05) is 12.6 Å². The number of carbonyl (C=O) groups excluding carboxylic acids is 1. The molecular weight excluding hydrogens is 346 g/mol. The van der Waals surface area contributed by atoms with Gasteiger partial charge in [-0.15, -0.1) is 0 Å². The molecule has 0 unspecified atom stereocenters. The second-order valence-electron chi connectivity index (χ2n) is 7.18. The van der Waals surface area contributed by atoms with Crippen LogP contribution in [0.3, 0.4) is 0 Å². The van der Waals surface area contributed by atoms with Gasteiger partial charge in [0.25, 0.3) is 0 Å². The molecule has 158 valence electrons. The van der Waals surface area contributed by atoms with Gasteiger partial charge in [0.05, 0.1) is 6.61 Å². The monoisotopic (exact) mass is 387 g/mol. The second-order valence-corrected chi connectivity index (χ2v) is 7.18. The van der Waals surface area contributed by atoms with E-state index in [-0.39, 0.29) is 5.97 Å². The molecule has 28 heavy (non-hydrogen) atoms. The van der Waals surface area contributed by atoms with E-state index >= 15 is 0 Å². The van der Waals surface area contributed by atoms with Gasteiger partial charge in [-0.25, -0.2) is 4.79 Å². The van der Waals surface area contributed by atoms with Crippen LogP contribution < -0.4 is 0 Å². The lowest BCUT2D eigenvalue weighted by molar-refractivity contribution is -0.137. The topological polar surface area (TPSA) is 29.5 Å². The Bertz CT molecular complexity index is 499. The van der Waals surface area contributed by atoms with E-state index in [1.54, 1.807) is 6.08 Å². The van der Waals surface area contributed by atoms with Crippen molar-refractivity contribution >= 4 is 5.97 Å². The second kappa shape index (κ2) is 21.4. The fourth-order valence-corrected chi connectivity index (χ4v) is 2.51. The minimum absolute atomic E-state index is 0.293. The van der Waals surface area contributed by atoms with Crippen molar-refractivity contribution in [3.8, 4) is 0 Å². The summed E-state index contributed by atoms with van der Waals surface area (Å²) in [6.07, 6.45) is 30.7. The van der Waals surface area contributed by atoms with Gasteiger partial charge >= 0.3 is 5.97 Å². The van der Waals surface area contributed by atoms with Crippen molar-refractivity contribution in [2.45, 2.75) is 64.7 Å². The van der Waals surface area contributed by atoms with Crippen LogP contribution in [0.1, 0.15) is 64.7 Å². The fraction of sp³-hybridized carbons (Fsp3) is 0.560. The maximum Gasteiger partial charge on any atom is 0.330 e. The molecule has 0 heterocycles. The zero-order chi connectivity index (χ0) is 20.7. The van der Waals surface area contributed by atoms with Gasteiger partial charge < -0.3 is 9.64 Å². The highest BCUT2D eigenvalue weighted by Gasteiger charge is 1.96. The van der Waals surface area contributed by atoms with Gasteiger partial charge in [0.1, 0.15) is 0 Å². The van der Waals surface area contributed by atoms with Gasteiger partial charge in [0.15, 0.2) is 0 Å². The first-order valence-electron chi connectivity index (χ1n) is 10.8. The summed E-state index contributed by atoms with van der Waals surface area (Å²) in [7, 11) is 4.01. The zero-order valence-electron chi connectivity index (χ0n) is 18.3. The molecule has 0 aliphatic carbocycles. The highest BCUT2D eigenvalue weighted by Crippen LogP contribution is 2.08. The number of nitrogens with zero attached hydrogens (tertiary/aromatic N) is 1. The predicted molar refractivity (Wildman–Crippen MR) is 122 cm³/mol. The van der Waals surface area contributed by atoms with E-state index in [9.17, 15) is 4.79 Å². The lowest BCUT2D eigenvalue weighted by Crippen LogP contribution is -2.15. The standard InChI is InChI=1S/C25H41NO2/c1-4-5-6-7-8-9-10-11-12-13-14-15-16-17-18-19-20-22-25(27)28-24-21-23-26(2)3/h12-20,22H,4-11,21,23-24H2,1-3H3. The van der Waals surface area contributed by atoms with Crippen molar-refractivity contribution in [2.75, 3.05) is 27.2 Å². The predicted octanol–water partition coefficient (Wildman–Crippen LogP) is 6.40. The smallest absolute Gasteiger partial charge is 0.330 e. The Morgan fingerprint density at radius 2 is 1.32 bits per heavy atom. The summed E-state index contributed by atoms with van der Waals surface area (Å²) in [4.78, 5) is 13.5. The first-order valence-corrected chi connectivity index (χ1v) is 10.8. The highest BCUT2D eigenvalue weighted by molar-refractivity contribution is 5.82. The largest absolute Gasteiger partial charge is 0.462 e. The van der Waals surface area contributed by atoms with Crippen molar-refractivity contribution in [3.05, 3.63) is 60.8 Å². The summed E-state index contributed by atoms with van der Waals surface area (Å²) in [6, 6.07) is 0. The van der Waals surface area contributed by atoms with Crippen molar-refractivity contribution in [1.29, 1.82) is 0 Å². The maximum atomic E-state index is 11.5. The molecule has 0 saturated carbocycles. The van der Waals surface area contributed by atoms with Crippen LogP contribution in [0.15, 0.2) is 60.8 Å². The van der Waals surface area contributed by atoms with Gasteiger partial charge in [-0.3, -0.25) is 0 Å². The Morgan fingerprint density at radius 3 is 1.96 bits per heavy atom. The molecule has 0 spiro atoms. The molecule has 0 saturated heterocycles. The van der Waals surface area contributed by atoms with E-state index in [0.29, 0.717) is 6.61 Å². The van der Waals surface area contributed by atoms with Crippen LogP contribution in [0, 0.1) is 0 Å². The van der Waals surface area contributed by atoms with Crippen molar-refractivity contribution in [1.82, 2.24) is 4.90 Å². The summed E-state index contributed by atoms with van der Waals surface area (Å²) in [5, 5.41) is 0. The number of allylic oxidation sites excluding steroid dienone is 9. The molecule has 0 aromatic carbocycles. The average molecular weight is 388 g/mol. The van der Waals surface area contributed by atoms with Crippen molar-refractivity contribution in [2.24, 2.45) is 0 Å². The Hall–Kier alpha value is -1.87. The lowest BCUT2D eigenvalue weighted by atomic mass is 10.1. The van der Waals surface area contributed by atoms with E-state index in [2.05, 4.69) is 24.0 Å². The third-order valence-electron chi connectivity index (χ3n) is 4.11. The summed E-state index contributed by atoms with van der Waals surface area (Å²) in [5.74, 6) is -0.293. The molecule has 3 heteroatoms. The molecule has 0 aliphatic heterocycles. The van der Waals surface area contributed by atoms with Crippen LogP contribution >= 0.6 is 0 Å². The number of esters is 1. The number of unbranched alkanes of at least 4 members (excludes halogenated alkanes) is 7. The van der Waals surface area contributed by atoms with E-state index in [4.69, 9.17) is 4.74 Å². The van der Waals surface area contributed by atoms with Crippen LogP contribution in [0.4, 0.5) is 0 Å². The molecule has 3 nitrogen and oxygen atoms in total. The summed E-state index contributed by atoms with van der Waals surface area (Å²) in [6.45, 7) is 3.64. The van der Waals surface area contributed by atoms with E-state index < -0.39 is 0 Å². The van der Waals surface area contributed by atoms with E-state index in [1.165, 1.54) is 51.0 Å². The van der Waals surface area contributed by atoms with Gasteiger partial charge in [-0.1, -0.05) is 100 Å². The third-order valence-corrected chi connectivity index (χ3v) is 4.11. The Labute approximate surface area is 173 Å². The number of ether oxygens (including phenoxy) is 1. The van der Waals surface area contributed by atoms with Gasteiger partial charge in [-0.2, -0.15) is 0 Å². The molecule has 0 fully saturated rings. The van der Waals surface area contributed by atoms with Crippen molar-refractivity contribution in [3.63, 3.8) is 0 Å². The minimum Gasteiger partial charge on any atom is -0.462 e. The SMILES string of the molecule is CCCCCCCCCC=CC=CC=CC=CC=CC(=O)OCCCN(C)C. The molecule has 0 aromatic rings. The lowest BCUT2D eigenvalue weighted by Gasteiger charge is -2.08. The number of hydrogen-bond acceptors (Lipinski definition) is 3. The molecule has 0 N–H and O–H groups in total. The highest BCUT2D eigenvalue weighted by atomic mass is 16.5. The summed E-state index contributed by atoms with van der Waals surface area (Å²) in [5.41, 5.74) is 0. The molecular formula is C25H41NO2. The number of hydrogen-bond donors (Lipinski definition) is 0. The van der Waals surface area contributed by atoms with Gasteiger partial charge in [-0.05, 0) is 33.4 Å².